The summed E-state index contributed by atoms with van der Waals surface area (Å²) in [5.74, 6) is 0. The second kappa shape index (κ2) is 3.83. The number of rotatable bonds is 2. The number of hydrogen-bond donors (Lipinski definition) is 0. The van der Waals surface area contributed by atoms with Gasteiger partial charge in [-0.05, 0) is 0 Å². The van der Waals surface area contributed by atoms with Crippen LogP contribution in [-0.4, -0.2) is 24.8 Å². The first-order valence-corrected chi connectivity index (χ1v) is 3.42. The Morgan fingerprint density at radius 2 is 1.90 bits per heavy atom. The van der Waals surface area contributed by atoms with Gasteiger partial charge in [-0.25, -0.2) is 0 Å². The molecule has 2 heteroatoms. The molecule has 1 aromatic rings. The van der Waals surface area contributed by atoms with Gasteiger partial charge in [0.15, 0.2) is 0 Å². The van der Waals surface area contributed by atoms with Crippen LogP contribution in [0.2, 0.25) is 0 Å². The van der Waals surface area contributed by atoms with Crippen molar-refractivity contribution in [3.8, 4) is 0 Å². The fourth-order valence-corrected chi connectivity index (χ4v) is 0.860. The van der Waals surface area contributed by atoms with E-state index < -0.39 is 0 Å². The van der Waals surface area contributed by atoms with E-state index in [1.165, 1.54) is 5.56 Å². The van der Waals surface area contributed by atoms with Crippen molar-refractivity contribution >= 4 is 17.7 Å². The second-order valence-corrected chi connectivity index (χ2v) is 2.29. The Balaban J connectivity index is 2.75. The molecule has 0 saturated carbocycles. The molecule has 10 heavy (non-hydrogen) atoms. The van der Waals surface area contributed by atoms with Gasteiger partial charge < -0.3 is 0 Å². The summed E-state index contributed by atoms with van der Waals surface area (Å²) in [6.07, 6.45) is 0. The van der Waals surface area contributed by atoms with Gasteiger partial charge in [0.05, 0.1) is 0 Å². The molecule has 1 rings (SSSR count). The third-order valence-corrected chi connectivity index (χ3v) is 1.62. The quantitative estimate of drug-likeness (QED) is 0.548. The number of methoxy groups -OCH3 is 1. The van der Waals surface area contributed by atoms with Crippen LogP contribution in [0.25, 0.3) is 0 Å². The zero-order chi connectivity index (χ0) is 7.40. The Kier molecular flexibility index (Phi) is 3.02. The Bertz CT molecular complexity index is 186. The van der Waals surface area contributed by atoms with Crippen LogP contribution in [0.1, 0.15) is 10.3 Å². The average molecular weight is 128 g/mol. The molecule has 0 aromatic heterocycles. The molecular weight excluding hydrogens is 119 g/mol. The predicted octanol–water partition coefficient (Wildman–Crippen LogP) is 1.50. The van der Waals surface area contributed by atoms with Crippen LogP contribution < -0.4 is 0 Å². The van der Waals surface area contributed by atoms with Gasteiger partial charge in [-0.2, -0.15) is 0 Å². The maximum atomic E-state index is 5.14. The minimum atomic E-state index is 0.209. The third-order valence-electron chi connectivity index (χ3n) is 1.62. The van der Waals surface area contributed by atoms with E-state index in [-0.39, 0.29) is 4.78 Å². The van der Waals surface area contributed by atoms with Crippen molar-refractivity contribution in [3.63, 3.8) is 0 Å². The molecule has 0 spiro atoms. The minimum absolute atomic E-state index is 0.209. The standard InChI is InChI=1S/C8H9O.Li/c1-9-7-8-5-3-2-4-6-8;/h2-7H,1H3;. The molecule has 1 nitrogen and oxygen atoms in total. The van der Waals surface area contributed by atoms with E-state index in [0.717, 1.165) is 0 Å². The average Bonchev–Trinajstić information content (AvgIpc) is 2.05. The van der Waals surface area contributed by atoms with E-state index in [9.17, 15) is 0 Å². The SMILES string of the molecule is [Li][CH](OC)c1ccccc1. The van der Waals surface area contributed by atoms with Crippen molar-refractivity contribution in [1.82, 2.24) is 0 Å². The van der Waals surface area contributed by atoms with Crippen molar-refractivity contribution in [3.05, 3.63) is 35.9 Å². The summed E-state index contributed by atoms with van der Waals surface area (Å²) in [4.78, 5) is 0. The van der Waals surface area contributed by atoms with E-state index >= 15 is 0 Å². The first kappa shape index (κ1) is 7.88. The molecular formula is C8H9LiO. The molecule has 0 aliphatic carbocycles. The van der Waals surface area contributed by atoms with Crippen LogP contribution in [-0.2, 0) is 4.74 Å². The first-order valence-electron chi connectivity index (χ1n) is 3.42. The molecule has 0 aliphatic rings. The molecule has 0 amide bonds. The van der Waals surface area contributed by atoms with Crippen LogP contribution in [0.4, 0.5) is 0 Å². The topological polar surface area (TPSA) is 9.23 Å². The maximum absolute atomic E-state index is 5.14. The van der Waals surface area contributed by atoms with Gasteiger partial charge in [0.1, 0.15) is 0 Å². The van der Waals surface area contributed by atoms with Gasteiger partial charge in [-0.3, -0.25) is 0 Å². The predicted molar refractivity (Wildman–Crippen MR) is 41.9 cm³/mol. The molecule has 1 atom stereocenters. The van der Waals surface area contributed by atoms with Crippen molar-refractivity contribution in [2.75, 3.05) is 7.11 Å². The van der Waals surface area contributed by atoms with Gasteiger partial charge in [0, 0.05) is 0 Å². The monoisotopic (exact) mass is 128 g/mol. The Morgan fingerprint density at radius 1 is 1.30 bits per heavy atom. The molecule has 0 saturated heterocycles. The summed E-state index contributed by atoms with van der Waals surface area (Å²) in [5, 5.41) is 0. The summed E-state index contributed by atoms with van der Waals surface area (Å²) < 4.78 is 5.35. The van der Waals surface area contributed by atoms with Crippen LogP contribution in [0.5, 0.6) is 0 Å². The fraction of sp³-hybridized carbons (Fsp3) is 0.250. The second-order valence-electron chi connectivity index (χ2n) is 2.29. The van der Waals surface area contributed by atoms with E-state index in [2.05, 4.69) is 12.1 Å². The van der Waals surface area contributed by atoms with Gasteiger partial charge >= 0.3 is 70.2 Å². The van der Waals surface area contributed by atoms with Crippen LogP contribution in [0.15, 0.2) is 30.3 Å². The molecule has 1 unspecified atom stereocenters. The van der Waals surface area contributed by atoms with Gasteiger partial charge in [0.2, 0.25) is 0 Å². The summed E-state index contributed by atoms with van der Waals surface area (Å²) in [5.41, 5.74) is 1.23. The van der Waals surface area contributed by atoms with Gasteiger partial charge in [-0.15, -0.1) is 0 Å². The van der Waals surface area contributed by atoms with Crippen LogP contribution in [0, 0.1) is 0 Å². The first-order chi connectivity index (χ1) is 4.84. The van der Waals surface area contributed by atoms with Gasteiger partial charge in [-0.1, -0.05) is 0 Å². The van der Waals surface area contributed by atoms with Gasteiger partial charge in [0.25, 0.3) is 0 Å². The molecule has 0 aliphatic heterocycles. The third kappa shape index (κ3) is 1.88. The van der Waals surface area contributed by atoms with E-state index in [0.29, 0.717) is 0 Å². The van der Waals surface area contributed by atoms with Crippen LogP contribution >= 0.6 is 0 Å². The molecule has 0 heterocycles. The molecule has 48 valence electrons. The number of ether oxygens (including phenoxy) is 1. The number of hydrogen-bond acceptors (Lipinski definition) is 1. The Labute approximate surface area is 70.6 Å². The zero-order valence-electron chi connectivity index (χ0n) is 6.37. The van der Waals surface area contributed by atoms with E-state index in [1.54, 1.807) is 7.11 Å². The molecule has 0 bridgehead atoms. The molecule has 0 fully saturated rings. The van der Waals surface area contributed by atoms with Crippen LogP contribution in [0.3, 0.4) is 0 Å². The summed E-state index contributed by atoms with van der Waals surface area (Å²) in [7, 11) is 1.72. The Hall–Kier alpha value is -0.223. The van der Waals surface area contributed by atoms with Crippen molar-refractivity contribution < 1.29 is 4.74 Å². The number of benzene rings is 1. The fourth-order valence-electron chi connectivity index (χ4n) is 0.860. The summed E-state index contributed by atoms with van der Waals surface area (Å²) in [6, 6.07) is 10.2. The molecule has 1 aromatic carbocycles. The van der Waals surface area contributed by atoms with Crippen molar-refractivity contribution in [2.45, 2.75) is 4.78 Å². The van der Waals surface area contributed by atoms with Crippen molar-refractivity contribution in [1.29, 1.82) is 0 Å². The summed E-state index contributed by atoms with van der Waals surface area (Å²) >= 11 is 2.04. The van der Waals surface area contributed by atoms with E-state index in [4.69, 9.17) is 4.74 Å². The zero-order valence-corrected chi connectivity index (χ0v) is 6.37. The summed E-state index contributed by atoms with van der Waals surface area (Å²) in [6.45, 7) is 0. The Morgan fingerprint density at radius 3 is 2.40 bits per heavy atom. The molecule has 0 radical (unpaired) electrons. The van der Waals surface area contributed by atoms with Crippen molar-refractivity contribution in [2.24, 2.45) is 0 Å². The molecule has 0 N–H and O–H groups in total. The normalized spacial score (nSPS) is 13.1. The van der Waals surface area contributed by atoms with E-state index in [1.807, 2.05) is 35.9 Å².